The van der Waals surface area contributed by atoms with Crippen LogP contribution in [0, 0.1) is 6.92 Å². The van der Waals surface area contributed by atoms with Crippen molar-refractivity contribution in [3.05, 3.63) is 40.7 Å². The van der Waals surface area contributed by atoms with Crippen molar-refractivity contribution >= 4 is 28.9 Å². The Morgan fingerprint density at radius 3 is 3.04 bits per heavy atom. The number of carbonyl (C=O) groups is 1. The molecule has 0 unspecified atom stereocenters. The van der Waals surface area contributed by atoms with E-state index in [0.717, 1.165) is 17.8 Å². The molecule has 126 valence electrons. The van der Waals surface area contributed by atoms with Gasteiger partial charge in [-0.25, -0.2) is 0 Å². The number of benzene rings is 1. The Balaban J connectivity index is 1.69. The van der Waals surface area contributed by atoms with Crippen LogP contribution in [-0.2, 0) is 16.2 Å². The van der Waals surface area contributed by atoms with Crippen LogP contribution in [0.2, 0.25) is 5.02 Å². The molecule has 7 nitrogen and oxygen atoms in total. The number of anilines is 1. The Labute approximate surface area is 143 Å². The average molecular weight is 349 g/mol. The normalized spacial score (nSPS) is 16.6. The second-order valence-corrected chi connectivity index (χ2v) is 5.88. The standard InChI is InChI=1S/C16H17ClN4O3/c1-3-21-9(2)11(8-18-21)12-7-15(24-20-12)16(23)19-13-6-10(17)4-5-14(13)22/h4-6,8,15,22H,3,7H2,1-2H3,(H,19,23)/t15-/m1/s1. The van der Waals surface area contributed by atoms with Gasteiger partial charge in [0.05, 0.1) is 17.6 Å². The number of aromatic nitrogens is 2. The van der Waals surface area contributed by atoms with E-state index in [4.69, 9.17) is 16.4 Å². The number of phenolic OH excluding ortho intramolecular Hbond substituents is 1. The lowest BCUT2D eigenvalue weighted by Crippen LogP contribution is -2.28. The van der Waals surface area contributed by atoms with Crippen LogP contribution in [0.1, 0.15) is 24.6 Å². The molecule has 2 aromatic rings. The number of rotatable bonds is 4. The Bertz CT molecular complexity index is 816. The molecule has 1 aromatic heterocycles. The highest BCUT2D eigenvalue weighted by Crippen LogP contribution is 2.28. The van der Waals surface area contributed by atoms with Gasteiger partial charge in [0.2, 0.25) is 6.10 Å². The molecule has 24 heavy (non-hydrogen) atoms. The molecule has 0 fully saturated rings. The van der Waals surface area contributed by atoms with Gasteiger partial charge in [-0.15, -0.1) is 0 Å². The Kier molecular flexibility index (Phi) is 4.44. The molecule has 1 amide bonds. The topological polar surface area (TPSA) is 88.7 Å². The van der Waals surface area contributed by atoms with Gasteiger partial charge in [0.15, 0.2) is 0 Å². The Morgan fingerprint density at radius 2 is 2.33 bits per heavy atom. The van der Waals surface area contributed by atoms with E-state index < -0.39 is 12.0 Å². The first-order valence-electron chi connectivity index (χ1n) is 7.54. The number of carbonyl (C=O) groups excluding carboxylic acids is 1. The van der Waals surface area contributed by atoms with Crippen molar-refractivity contribution in [2.45, 2.75) is 32.9 Å². The molecule has 8 heteroatoms. The van der Waals surface area contributed by atoms with Crippen LogP contribution in [0.25, 0.3) is 0 Å². The van der Waals surface area contributed by atoms with Crippen molar-refractivity contribution in [1.82, 2.24) is 9.78 Å². The second-order valence-electron chi connectivity index (χ2n) is 5.45. The van der Waals surface area contributed by atoms with E-state index in [1.54, 1.807) is 6.20 Å². The molecule has 0 saturated carbocycles. The van der Waals surface area contributed by atoms with Crippen molar-refractivity contribution in [1.29, 1.82) is 0 Å². The van der Waals surface area contributed by atoms with E-state index in [1.807, 2.05) is 18.5 Å². The molecule has 1 aliphatic rings. The first-order chi connectivity index (χ1) is 11.5. The number of amides is 1. The molecule has 1 atom stereocenters. The summed E-state index contributed by atoms with van der Waals surface area (Å²) >= 11 is 5.87. The number of hydrogen-bond donors (Lipinski definition) is 2. The smallest absolute Gasteiger partial charge is 0.268 e. The van der Waals surface area contributed by atoms with Crippen molar-refractivity contribution < 1.29 is 14.7 Å². The fourth-order valence-corrected chi connectivity index (χ4v) is 2.72. The highest BCUT2D eigenvalue weighted by atomic mass is 35.5. The first kappa shape index (κ1) is 16.3. The summed E-state index contributed by atoms with van der Waals surface area (Å²) in [6, 6.07) is 4.42. The van der Waals surface area contributed by atoms with Crippen molar-refractivity contribution in [3.8, 4) is 5.75 Å². The molecule has 0 spiro atoms. The average Bonchev–Trinajstić information content (AvgIpc) is 3.17. The summed E-state index contributed by atoms with van der Waals surface area (Å²) in [5.41, 5.74) is 2.77. The van der Waals surface area contributed by atoms with Gasteiger partial charge in [-0.1, -0.05) is 16.8 Å². The van der Waals surface area contributed by atoms with Crippen LogP contribution >= 0.6 is 11.6 Å². The highest BCUT2D eigenvalue weighted by Gasteiger charge is 2.30. The van der Waals surface area contributed by atoms with Gasteiger partial charge in [-0.3, -0.25) is 9.48 Å². The number of nitrogens with one attached hydrogen (secondary N) is 1. The zero-order valence-corrected chi connectivity index (χ0v) is 14.0. The van der Waals surface area contributed by atoms with Crippen molar-refractivity contribution in [3.63, 3.8) is 0 Å². The molecular formula is C16H17ClN4O3. The van der Waals surface area contributed by atoms with Crippen molar-refractivity contribution in [2.24, 2.45) is 5.16 Å². The van der Waals surface area contributed by atoms with Gasteiger partial charge in [-0.05, 0) is 32.0 Å². The Hall–Kier alpha value is -2.54. The largest absolute Gasteiger partial charge is 0.506 e. The van der Waals surface area contributed by atoms with Gasteiger partial charge in [0.1, 0.15) is 5.75 Å². The number of phenols is 1. The van der Waals surface area contributed by atoms with Crippen LogP contribution in [0.5, 0.6) is 5.75 Å². The summed E-state index contributed by atoms with van der Waals surface area (Å²) in [5.74, 6) is -0.459. The monoisotopic (exact) mass is 348 g/mol. The second kappa shape index (κ2) is 6.52. The van der Waals surface area contributed by atoms with Crippen LogP contribution in [0.4, 0.5) is 5.69 Å². The third kappa shape index (κ3) is 3.07. The molecule has 3 rings (SSSR count). The molecule has 2 heterocycles. The number of aromatic hydroxyl groups is 1. The summed E-state index contributed by atoms with van der Waals surface area (Å²) in [7, 11) is 0. The predicted octanol–water partition coefficient (Wildman–Crippen LogP) is 2.70. The molecule has 2 N–H and O–H groups in total. The number of oxime groups is 1. The Morgan fingerprint density at radius 1 is 1.54 bits per heavy atom. The minimum absolute atomic E-state index is 0.0630. The zero-order valence-electron chi connectivity index (χ0n) is 13.3. The lowest BCUT2D eigenvalue weighted by molar-refractivity contribution is -0.125. The van der Waals surface area contributed by atoms with E-state index in [9.17, 15) is 9.90 Å². The maximum atomic E-state index is 12.3. The lowest BCUT2D eigenvalue weighted by atomic mass is 10.1. The van der Waals surface area contributed by atoms with E-state index in [-0.39, 0.29) is 11.4 Å². The van der Waals surface area contributed by atoms with Crippen LogP contribution in [0.3, 0.4) is 0 Å². The minimum atomic E-state index is -0.761. The van der Waals surface area contributed by atoms with Gasteiger partial charge in [-0.2, -0.15) is 5.10 Å². The minimum Gasteiger partial charge on any atom is -0.506 e. The summed E-state index contributed by atoms with van der Waals surface area (Å²) in [6.07, 6.45) is 1.30. The van der Waals surface area contributed by atoms with Crippen molar-refractivity contribution in [2.75, 3.05) is 5.32 Å². The highest BCUT2D eigenvalue weighted by molar-refractivity contribution is 6.31. The van der Waals surface area contributed by atoms with Gasteiger partial charge in [0, 0.05) is 29.2 Å². The number of halogens is 1. The molecular weight excluding hydrogens is 332 g/mol. The molecule has 0 saturated heterocycles. The predicted molar refractivity (Wildman–Crippen MR) is 90.4 cm³/mol. The summed E-state index contributed by atoms with van der Waals surface area (Å²) in [4.78, 5) is 17.6. The van der Waals surface area contributed by atoms with Gasteiger partial charge < -0.3 is 15.3 Å². The number of hydrogen-bond acceptors (Lipinski definition) is 5. The van der Waals surface area contributed by atoms with Crippen LogP contribution in [-0.4, -0.2) is 32.6 Å². The van der Waals surface area contributed by atoms with E-state index >= 15 is 0 Å². The lowest BCUT2D eigenvalue weighted by Gasteiger charge is -2.11. The third-order valence-corrected chi connectivity index (χ3v) is 4.13. The first-order valence-corrected chi connectivity index (χ1v) is 7.92. The number of nitrogens with zero attached hydrogens (tertiary/aromatic N) is 3. The summed E-state index contributed by atoms with van der Waals surface area (Å²) in [5, 5.41) is 21.1. The number of aryl methyl sites for hydroxylation is 1. The maximum absolute atomic E-state index is 12.3. The third-order valence-electron chi connectivity index (χ3n) is 3.89. The van der Waals surface area contributed by atoms with Gasteiger partial charge >= 0.3 is 0 Å². The fraction of sp³-hybridized carbons (Fsp3) is 0.312. The van der Waals surface area contributed by atoms with Gasteiger partial charge in [0.25, 0.3) is 5.91 Å². The quantitative estimate of drug-likeness (QED) is 0.831. The van der Waals surface area contributed by atoms with E-state index in [0.29, 0.717) is 17.2 Å². The molecule has 0 aliphatic carbocycles. The molecule has 1 aromatic carbocycles. The summed E-state index contributed by atoms with van der Waals surface area (Å²) in [6.45, 7) is 4.72. The SMILES string of the molecule is CCn1ncc(C2=NO[C@@H](C(=O)Nc3cc(Cl)ccc3O)C2)c1C. The van der Waals surface area contributed by atoms with E-state index in [2.05, 4.69) is 15.6 Å². The fourth-order valence-electron chi connectivity index (χ4n) is 2.55. The molecule has 0 radical (unpaired) electrons. The zero-order chi connectivity index (χ0) is 17.3. The van der Waals surface area contributed by atoms with Crippen LogP contribution < -0.4 is 5.32 Å². The molecule has 0 bridgehead atoms. The summed E-state index contributed by atoms with van der Waals surface area (Å²) < 4.78 is 1.86. The molecule has 1 aliphatic heterocycles. The van der Waals surface area contributed by atoms with E-state index in [1.165, 1.54) is 18.2 Å². The maximum Gasteiger partial charge on any atom is 0.268 e. The van der Waals surface area contributed by atoms with Crippen LogP contribution in [0.15, 0.2) is 29.6 Å².